The minimum Gasteiger partial charge on any atom is -0.465 e. The summed E-state index contributed by atoms with van der Waals surface area (Å²) in [5.74, 6) is 1.09. The van der Waals surface area contributed by atoms with Crippen molar-refractivity contribution in [1.82, 2.24) is 5.32 Å². The van der Waals surface area contributed by atoms with E-state index in [4.69, 9.17) is 5.11 Å². The van der Waals surface area contributed by atoms with Crippen LogP contribution in [-0.4, -0.2) is 38.4 Å². The van der Waals surface area contributed by atoms with E-state index in [0.29, 0.717) is 30.9 Å². The molecule has 1 heterocycles. The Morgan fingerprint density at radius 1 is 1.38 bits per heavy atom. The van der Waals surface area contributed by atoms with Crippen LogP contribution in [-0.2, 0) is 0 Å². The maximum atomic E-state index is 10.2. The molecule has 1 aliphatic rings. The van der Waals surface area contributed by atoms with Crippen LogP contribution in [0.25, 0.3) is 0 Å². The predicted molar refractivity (Wildman–Crippen MR) is 51.3 cm³/mol. The smallest absolute Gasteiger partial charge is 0.404 e. The molecular weight excluding hydrogens is 194 g/mol. The van der Waals surface area contributed by atoms with Gasteiger partial charge in [0.2, 0.25) is 0 Å². The lowest BCUT2D eigenvalue weighted by molar-refractivity contribution is 0.192. The second kappa shape index (κ2) is 4.17. The highest BCUT2D eigenvalue weighted by Crippen LogP contribution is 2.45. The summed E-state index contributed by atoms with van der Waals surface area (Å²) in [7, 11) is -2.33. The Bertz CT molecular complexity index is 187. The molecule has 0 aromatic heterocycles. The van der Waals surface area contributed by atoms with E-state index in [1.165, 1.54) is 0 Å². The molecule has 0 aromatic carbocycles. The molecule has 1 amide bonds. The zero-order valence-corrected chi connectivity index (χ0v) is 8.09. The Kier molecular flexibility index (Phi) is 3.40. The van der Waals surface area contributed by atoms with E-state index in [-0.39, 0.29) is 5.92 Å². The van der Waals surface area contributed by atoms with E-state index in [1.54, 1.807) is 0 Å². The highest BCUT2D eigenvalue weighted by atomic mass is 32.3. The number of carbonyl (C=O) groups is 1. The van der Waals surface area contributed by atoms with E-state index in [0.717, 1.165) is 0 Å². The van der Waals surface area contributed by atoms with Crippen LogP contribution in [0.2, 0.25) is 0 Å². The van der Waals surface area contributed by atoms with Crippen LogP contribution in [0.3, 0.4) is 0 Å². The molecule has 6 heteroatoms. The molecule has 5 nitrogen and oxygen atoms in total. The van der Waals surface area contributed by atoms with Crippen molar-refractivity contribution in [2.75, 3.05) is 18.1 Å². The second-order valence-corrected chi connectivity index (χ2v) is 5.76. The molecular formula is C7H15NO4S. The summed E-state index contributed by atoms with van der Waals surface area (Å²) in [4.78, 5) is 10.2. The Morgan fingerprint density at radius 3 is 2.38 bits per heavy atom. The summed E-state index contributed by atoms with van der Waals surface area (Å²) in [6.45, 7) is 0.421. The molecule has 13 heavy (non-hydrogen) atoms. The molecule has 0 radical (unpaired) electrons. The third-order valence-electron chi connectivity index (χ3n) is 2.25. The Morgan fingerprint density at radius 2 is 1.92 bits per heavy atom. The Labute approximate surface area is 78.5 Å². The molecule has 0 unspecified atom stereocenters. The first kappa shape index (κ1) is 10.6. The van der Waals surface area contributed by atoms with Crippen LogP contribution in [0.15, 0.2) is 0 Å². The SMILES string of the molecule is O=C(O)NCC1CCS(O)(O)CC1. The van der Waals surface area contributed by atoms with Crippen molar-refractivity contribution in [3.05, 3.63) is 0 Å². The van der Waals surface area contributed by atoms with Crippen molar-refractivity contribution < 1.29 is 19.0 Å². The summed E-state index contributed by atoms with van der Waals surface area (Å²) >= 11 is 0. The molecule has 0 aromatic rings. The van der Waals surface area contributed by atoms with E-state index in [1.807, 2.05) is 0 Å². The first-order chi connectivity index (χ1) is 5.99. The van der Waals surface area contributed by atoms with E-state index >= 15 is 0 Å². The fourth-order valence-corrected chi connectivity index (χ4v) is 3.02. The summed E-state index contributed by atoms with van der Waals surface area (Å²) < 4.78 is 18.5. The molecule has 1 rings (SSSR count). The van der Waals surface area contributed by atoms with Gasteiger partial charge in [0.15, 0.2) is 0 Å². The van der Waals surface area contributed by atoms with Crippen LogP contribution >= 0.6 is 10.6 Å². The van der Waals surface area contributed by atoms with Crippen LogP contribution < -0.4 is 5.32 Å². The van der Waals surface area contributed by atoms with Crippen LogP contribution in [0.5, 0.6) is 0 Å². The average Bonchev–Trinajstić information content (AvgIpc) is 2.02. The van der Waals surface area contributed by atoms with Crippen molar-refractivity contribution in [1.29, 1.82) is 0 Å². The van der Waals surface area contributed by atoms with Crippen LogP contribution in [0.1, 0.15) is 12.8 Å². The first-order valence-electron chi connectivity index (χ1n) is 4.20. The zero-order chi connectivity index (χ0) is 9.90. The lowest BCUT2D eigenvalue weighted by Gasteiger charge is -2.39. The van der Waals surface area contributed by atoms with Gasteiger partial charge >= 0.3 is 6.09 Å². The topological polar surface area (TPSA) is 89.8 Å². The van der Waals surface area contributed by atoms with Crippen molar-refractivity contribution in [2.24, 2.45) is 5.92 Å². The first-order valence-corrected chi connectivity index (χ1v) is 6.08. The standard InChI is InChI=1S/C7H15NO4S/c9-7(10)8-5-6-1-3-13(11,12)4-2-6/h6,8,11-12H,1-5H2,(H,9,10). The number of hydrogen-bond acceptors (Lipinski definition) is 3. The van der Waals surface area contributed by atoms with Gasteiger partial charge in [-0.05, 0) is 18.8 Å². The van der Waals surface area contributed by atoms with Gasteiger partial charge in [-0.1, -0.05) is 0 Å². The van der Waals surface area contributed by atoms with Gasteiger partial charge in [0.1, 0.15) is 0 Å². The fraction of sp³-hybridized carbons (Fsp3) is 0.857. The van der Waals surface area contributed by atoms with E-state index in [9.17, 15) is 13.9 Å². The van der Waals surface area contributed by atoms with Gasteiger partial charge in [-0.2, -0.15) is 10.6 Å². The molecule has 1 saturated heterocycles. The molecule has 1 aliphatic heterocycles. The van der Waals surface area contributed by atoms with Crippen molar-refractivity contribution in [2.45, 2.75) is 12.8 Å². The van der Waals surface area contributed by atoms with E-state index < -0.39 is 16.7 Å². The van der Waals surface area contributed by atoms with Gasteiger partial charge in [-0.25, -0.2) is 4.79 Å². The quantitative estimate of drug-likeness (QED) is 0.553. The van der Waals surface area contributed by atoms with Crippen molar-refractivity contribution >= 4 is 16.7 Å². The largest absolute Gasteiger partial charge is 0.465 e. The zero-order valence-electron chi connectivity index (χ0n) is 7.27. The minimum absolute atomic E-state index is 0.260. The lowest BCUT2D eigenvalue weighted by Crippen LogP contribution is -2.32. The highest BCUT2D eigenvalue weighted by Gasteiger charge is 2.23. The van der Waals surface area contributed by atoms with Gasteiger partial charge < -0.3 is 10.4 Å². The average molecular weight is 209 g/mol. The van der Waals surface area contributed by atoms with Gasteiger partial charge in [0.25, 0.3) is 0 Å². The third-order valence-corrected chi connectivity index (χ3v) is 4.03. The number of hydrogen-bond donors (Lipinski definition) is 4. The van der Waals surface area contributed by atoms with Crippen LogP contribution in [0, 0.1) is 5.92 Å². The Balaban J connectivity index is 2.21. The molecule has 0 aliphatic carbocycles. The minimum atomic E-state index is -2.33. The summed E-state index contributed by atoms with van der Waals surface area (Å²) in [6.07, 6.45) is 0.378. The number of carboxylic acid groups (broad SMARTS) is 1. The van der Waals surface area contributed by atoms with Gasteiger partial charge in [0, 0.05) is 18.1 Å². The summed E-state index contributed by atoms with van der Waals surface area (Å²) in [5, 5.41) is 10.6. The van der Waals surface area contributed by atoms with Crippen molar-refractivity contribution in [3.63, 3.8) is 0 Å². The van der Waals surface area contributed by atoms with Gasteiger partial charge in [-0.3, -0.25) is 9.11 Å². The fourth-order valence-electron chi connectivity index (χ4n) is 1.39. The molecule has 0 saturated carbocycles. The second-order valence-electron chi connectivity index (χ2n) is 3.34. The van der Waals surface area contributed by atoms with E-state index in [2.05, 4.69) is 5.32 Å². The van der Waals surface area contributed by atoms with Crippen molar-refractivity contribution in [3.8, 4) is 0 Å². The summed E-state index contributed by atoms with van der Waals surface area (Å²) in [6, 6.07) is 0. The number of nitrogens with one attached hydrogen (secondary N) is 1. The van der Waals surface area contributed by atoms with Crippen LogP contribution in [0.4, 0.5) is 4.79 Å². The molecule has 78 valence electrons. The number of rotatable bonds is 2. The lowest BCUT2D eigenvalue weighted by atomic mass is 10.0. The molecule has 4 N–H and O–H groups in total. The predicted octanol–water partition coefficient (Wildman–Crippen LogP) is 1.41. The molecule has 0 spiro atoms. The Hall–Kier alpha value is -0.460. The number of amides is 1. The maximum absolute atomic E-state index is 10.2. The highest BCUT2D eigenvalue weighted by molar-refractivity contribution is 8.24. The summed E-state index contributed by atoms with van der Waals surface area (Å²) in [5.41, 5.74) is 0. The monoisotopic (exact) mass is 209 g/mol. The normalized spacial score (nSPS) is 25.1. The van der Waals surface area contributed by atoms with Gasteiger partial charge in [0.05, 0.1) is 0 Å². The third kappa shape index (κ3) is 3.84. The molecule has 0 atom stereocenters. The maximum Gasteiger partial charge on any atom is 0.404 e. The molecule has 0 bridgehead atoms. The van der Waals surface area contributed by atoms with Gasteiger partial charge in [-0.15, -0.1) is 0 Å². The molecule has 1 fully saturated rings.